The van der Waals surface area contributed by atoms with Crippen LogP contribution in [0.15, 0.2) is 42.5 Å². The topological polar surface area (TPSA) is 56.1 Å². The first kappa shape index (κ1) is 13.2. The molecule has 2 aromatic carbocycles. The molecule has 0 bridgehead atoms. The Bertz CT molecular complexity index is 746. The third-order valence-electron chi connectivity index (χ3n) is 3.66. The van der Waals surface area contributed by atoms with Gasteiger partial charge in [0.05, 0.1) is 23.0 Å². The SMILES string of the molecule is Cc1ccccc1N1CCC(=O)Nc2ccc(C#N)cc21. The van der Waals surface area contributed by atoms with Gasteiger partial charge in [-0.15, -0.1) is 0 Å². The van der Waals surface area contributed by atoms with Crippen LogP contribution in [-0.4, -0.2) is 12.5 Å². The molecule has 0 aromatic heterocycles. The number of carbonyl (C=O) groups is 1. The summed E-state index contributed by atoms with van der Waals surface area (Å²) in [6, 6.07) is 15.6. The Labute approximate surface area is 123 Å². The van der Waals surface area contributed by atoms with E-state index in [-0.39, 0.29) is 5.91 Å². The lowest BCUT2D eigenvalue weighted by molar-refractivity contribution is -0.115. The van der Waals surface area contributed by atoms with Crippen molar-refractivity contribution < 1.29 is 4.79 Å². The number of aryl methyl sites for hydroxylation is 1. The summed E-state index contributed by atoms with van der Waals surface area (Å²) in [5, 5.41) is 12.0. The van der Waals surface area contributed by atoms with Crippen LogP contribution in [0.1, 0.15) is 17.5 Å². The minimum atomic E-state index is -0.00274. The number of para-hydroxylation sites is 1. The second-order valence-electron chi connectivity index (χ2n) is 5.08. The number of nitrogens with zero attached hydrogens (tertiary/aromatic N) is 2. The summed E-state index contributed by atoms with van der Waals surface area (Å²) in [7, 11) is 0. The summed E-state index contributed by atoms with van der Waals surface area (Å²) in [5.74, 6) is -0.00274. The van der Waals surface area contributed by atoms with Gasteiger partial charge in [-0.2, -0.15) is 5.26 Å². The third kappa shape index (κ3) is 2.46. The fraction of sp³-hybridized carbons (Fsp3) is 0.176. The minimum absolute atomic E-state index is 0.00274. The fourth-order valence-corrected chi connectivity index (χ4v) is 2.59. The Morgan fingerprint density at radius 2 is 2.00 bits per heavy atom. The van der Waals surface area contributed by atoms with E-state index in [1.54, 1.807) is 12.1 Å². The van der Waals surface area contributed by atoms with Crippen LogP contribution in [-0.2, 0) is 4.79 Å². The molecule has 4 nitrogen and oxygen atoms in total. The zero-order valence-corrected chi connectivity index (χ0v) is 11.8. The van der Waals surface area contributed by atoms with E-state index in [9.17, 15) is 4.79 Å². The van der Waals surface area contributed by atoms with E-state index in [0.29, 0.717) is 18.5 Å². The molecule has 2 aromatic rings. The molecule has 1 amide bonds. The standard InChI is InChI=1S/C17H15N3O/c1-12-4-2-3-5-15(12)20-9-8-17(21)19-14-7-6-13(11-18)10-16(14)20/h2-7,10H,8-9H2,1H3,(H,19,21). The number of amides is 1. The lowest BCUT2D eigenvalue weighted by Gasteiger charge is -2.26. The van der Waals surface area contributed by atoms with Gasteiger partial charge in [0.2, 0.25) is 5.91 Å². The maximum Gasteiger partial charge on any atom is 0.226 e. The van der Waals surface area contributed by atoms with Crippen LogP contribution >= 0.6 is 0 Å². The minimum Gasteiger partial charge on any atom is -0.339 e. The Morgan fingerprint density at radius 1 is 1.19 bits per heavy atom. The first-order valence-electron chi connectivity index (χ1n) is 6.86. The van der Waals surface area contributed by atoms with Gasteiger partial charge in [-0.05, 0) is 36.8 Å². The summed E-state index contributed by atoms with van der Waals surface area (Å²) >= 11 is 0. The van der Waals surface area contributed by atoms with E-state index < -0.39 is 0 Å². The summed E-state index contributed by atoms with van der Waals surface area (Å²) < 4.78 is 0. The second kappa shape index (κ2) is 5.29. The lowest BCUT2D eigenvalue weighted by atomic mass is 10.1. The number of nitriles is 1. The van der Waals surface area contributed by atoms with Crippen molar-refractivity contribution in [3.63, 3.8) is 0 Å². The van der Waals surface area contributed by atoms with Crippen LogP contribution in [0.25, 0.3) is 0 Å². The normalized spacial score (nSPS) is 13.9. The number of carbonyl (C=O) groups excluding carboxylic acids is 1. The molecule has 4 heteroatoms. The number of rotatable bonds is 1. The van der Waals surface area contributed by atoms with Gasteiger partial charge in [-0.3, -0.25) is 4.79 Å². The van der Waals surface area contributed by atoms with Crippen LogP contribution < -0.4 is 10.2 Å². The molecule has 3 rings (SSSR count). The second-order valence-corrected chi connectivity index (χ2v) is 5.08. The summed E-state index contributed by atoms with van der Waals surface area (Å²) in [5.41, 5.74) is 4.41. The third-order valence-corrected chi connectivity index (χ3v) is 3.66. The van der Waals surface area contributed by atoms with Crippen molar-refractivity contribution in [1.29, 1.82) is 5.26 Å². The van der Waals surface area contributed by atoms with Crippen LogP contribution in [0.2, 0.25) is 0 Å². The average molecular weight is 277 g/mol. The Balaban J connectivity index is 2.17. The number of benzene rings is 2. The van der Waals surface area contributed by atoms with Crippen molar-refractivity contribution in [2.45, 2.75) is 13.3 Å². The fourth-order valence-electron chi connectivity index (χ4n) is 2.59. The Morgan fingerprint density at radius 3 is 2.76 bits per heavy atom. The van der Waals surface area contributed by atoms with Crippen molar-refractivity contribution in [3.8, 4) is 6.07 Å². The zero-order chi connectivity index (χ0) is 14.8. The highest BCUT2D eigenvalue weighted by Gasteiger charge is 2.21. The molecule has 0 aliphatic carbocycles. The molecule has 0 spiro atoms. The first-order chi connectivity index (χ1) is 10.2. The maximum absolute atomic E-state index is 11.9. The van der Waals surface area contributed by atoms with E-state index >= 15 is 0 Å². The molecule has 1 heterocycles. The highest BCUT2D eigenvalue weighted by Crippen LogP contribution is 2.36. The predicted octanol–water partition coefficient (Wildman–Crippen LogP) is 3.35. The van der Waals surface area contributed by atoms with Gasteiger partial charge in [0.1, 0.15) is 0 Å². The zero-order valence-electron chi connectivity index (χ0n) is 11.8. The molecule has 1 aliphatic heterocycles. The maximum atomic E-state index is 11.9. The van der Waals surface area contributed by atoms with Gasteiger partial charge in [-0.25, -0.2) is 0 Å². The number of nitrogens with one attached hydrogen (secondary N) is 1. The number of fused-ring (bicyclic) bond motifs is 1. The van der Waals surface area contributed by atoms with Gasteiger partial charge in [0.25, 0.3) is 0 Å². The lowest BCUT2D eigenvalue weighted by Crippen LogP contribution is -2.19. The number of anilines is 3. The average Bonchev–Trinajstić information content (AvgIpc) is 2.65. The Hall–Kier alpha value is -2.80. The largest absolute Gasteiger partial charge is 0.339 e. The molecule has 1 N–H and O–H groups in total. The molecule has 0 unspecified atom stereocenters. The molecule has 0 fully saturated rings. The van der Waals surface area contributed by atoms with Crippen molar-refractivity contribution in [2.24, 2.45) is 0 Å². The summed E-state index contributed by atoms with van der Waals surface area (Å²) in [4.78, 5) is 14.0. The van der Waals surface area contributed by atoms with E-state index in [0.717, 1.165) is 22.6 Å². The summed E-state index contributed by atoms with van der Waals surface area (Å²) in [6.45, 7) is 2.64. The van der Waals surface area contributed by atoms with Gasteiger partial charge in [0, 0.05) is 18.7 Å². The first-order valence-corrected chi connectivity index (χ1v) is 6.86. The van der Waals surface area contributed by atoms with E-state index in [1.165, 1.54) is 0 Å². The molecule has 0 saturated carbocycles. The van der Waals surface area contributed by atoms with Crippen LogP contribution in [0.5, 0.6) is 0 Å². The quantitative estimate of drug-likeness (QED) is 0.869. The van der Waals surface area contributed by atoms with Crippen molar-refractivity contribution in [3.05, 3.63) is 53.6 Å². The smallest absolute Gasteiger partial charge is 0.226 e. The van der Waals surface area contributed by atoms with Gasteiger partial charge in [-0.1, -0.05) is 18.2 Å². The molecule has 0 radical (unpaired) electrons. The number of hydrogen-bond acceptors (Lipinski definition) is 3. The van der Waals surface area contributed by atoms with Crippen LogP contribution in [0.4, 0.5) is 17.1 Å². The van der Waals surface area contributed by atoms with Gasteiger partial charge in [0.15, 0.2) is 0 Å². The monoisotopic (exact) mass is 277 g/mol. The van der Waals surface area contributed by atoms with Crippen molar-refractivity contribution in [1.82, 2.24) is 0 Å². The van der Waals surface area contributed by atoms with E-state index in [4.69, 9.17) is 5.26 Å². The summed E-state index contributed by atoms with van der Waals surface area (Å²) in [6.07, 6.45) is 0.422. The van der Waals surface area contributed by atoms with Gasteiger partial charge >= 0.3 is 0 Å². The van der Waals surface area contributed by atoms with Gasteiger partial charge < -0.3 is 10.2 Å². The molecule has 0 atom stereocenters. The Kier molecular flexibility index (Phi) is 3.33. The van der Waals surface area contributed by atoms with Crippen LogP contribution in [0.3, 0.4) is 0 Å². The highest BCUT2D eigenvalue weighted by molar-refractivity contribution is 5.97. The molecular formula is C17H15N3O. The predicted molar refractivity (Wildman–Crippen MR) is 82.6 cm³/mol. The number of hydrogen-bond donors (Lipinski definition) is 1. The van der Waals surface area contributed by atoms with Crippen molar-refractivity contribution >= 4 is 23.0 Å². The van der Waals surface area contributed by atoms with E-state index in [2.05, 4.69) is 16.3 Å². The van der Waals surface area contributed by atoms with E-state index in [1.807, 2.05) is 37.3 Å². The molecule has 0 saturated heterocycles. The van der Waals surface area contributed by atoms with Crippen molar-refractivity contribution in [2.75, 3.05) is 16.8 Å². The highest BCUT2D eigenvalue weighted by atomic mass is 16.1. The molecule has 21 heavy (non-hydrogen) atoms. The molecule has 104 valence electrons. The molecular weight excluding hydrogens is 262 g/mol. The van der Waals surface area contributed by atoms with Crippen LogP contribution in [0, 0.1) is 18.3 Å². The molecule has 1 aliphatic rings.